The Hall–Kier alpha value is -0.940. The number of hydrogen-bond acceptors (Lipinski definition) is 4. The van der Waals surface area contributed by atoms with Gasteiger partial charge in [0, 0.05) is 12.1 Å². The minimum Gasteiger partial charge on any atom is -0.347 e. The third kappa shape index (κ3) is 2.84. The number of aryl methyl sites for hydroxylation is 1. The first kappa shape index (κ1) is 12.5. The minimum absolute atomic E-state index is 0.00278. The van der Waals surface area contributed by atoms with Crippen molar-refractivity contribution in [1.82, 2.24) is 15.6 Å². The quantitative estimate of drug-likeness (QED) is 0.841. The number of hydrogen-bond donors (Lipinski definition) is 2. The number of rotatable bonds is 2. The maximum Gasteiger partial charge on any atom is 0.263 e. The lowest BCUT2D eigenvalue weighted by atomic mass is 9.89. The molecule has 1 amide bonds. The number of nitrogens with zero attached hydrogens (tertiary/aromatic N) is 1. The van der Waals surface area contributed by atoms with Gasteiger partial charge >= 0.3 is 0 Å². The van der Waals surface area contributed by atoms with Crippen molar-refractivity contribution in [2.45, 2.75) is 39.3 Å². The monoisotopic (exact) mass is 253 g/mol. The fourth-order valence-corrected chi connectivity index (χ4v) is 2.97. The number of carbonyl (C=O) groups is 1. The molecule has 5 heteroatoms. The molecule has 2 heterocycles. The Bertz CT molecular complexity index is 394. The van der Waals surface area contributed by atoms with E-state index in [0.29, 0.717) is 16.8 Å². The van der Waals surface area contributed by atoms with Crippen LogP contribution in [0.5, 0.6) is 0 Å². The highest BCUT2D eigenvalue weighted by atomic mass is 32.1. The van der Waals surface area contributed by atoms with Crippen LogP contribution in [-0.2, 0) is 0 Å². The predicted octanol–water partition coefficient (Wildman–Crippen LogP) is 1.57. The van der Waals surface area contributed by atoms with E-state index >= 15 is 0 Å². The number of thiazole rings is 1. The second-order valence-corrected chi connectivity index (χ2v) is 5.99. The second-order valence-electron chi connectivity index (χ2n) is 4.75. The van der Waals surface area contributed by atoms with Crippen LogP contribution >= 0.6 is 11.3 Å². The van der Waals surface area contributed by atoms with Crippen molar-refractivity contribution in [3.63, 3.8) is 0 Å². The first-order valence-electron chi connectivity index (χ1n) is 6.04. The summed E-state index contributed by atoms with van der Waals surface area (Å²) in [6.45, 7) is 7.27. The Kier molecular flexibility index (Phi) is 3.79. The molecule has 0 saturated carbocycles. The van der Waals surface area contributed by atoms with E-state index in [1.165, 1.54) is 11.3 Å². The van der Waals surface area contributed by atoms with E-state index in [2.05, 4.69) is 29.5 Å². The molecule has 3 atom stereocenters. The molecule has 17 heavy (non-hydrogen) atoms. The molecule has 1 aromatic heterocycles. The molecular formula is C12H19N3OS. The average Bonchev–Trinajstić information content (AvgIpc) is 2.70. The van der Waals surface area contributed by atoms with Crippen LogP contribution in [0.1, 0.15) is 34.9 Å². The van der Waals surface area contributed by atoms with Crippen LogP contribution in [0.4, 0.5) is 0 Å². The molecule has 0 bridgehead atoms. The molecule has 94 valence electrons. The Labute approximate surface area is 106 Å². The van der Waals surface area contributed by atoms with E-state index in [1.54, 1.807) is 6.20 Å². The highest BCUT2D eigenvalue weighted by Crippen LogP contribution is 2.18. The van der Waals surface area contributed by atoms with Crippen molar-refractivity contribution in [3.05, 3.63) is 16.1 Å². The van der Waals surface area contributed by atoms with Gasteiger partial charge < -0.3 is 10.6 Å². The van der Waals surface area contributed by atoms with Gasteiger partial charge in [0.2, 0.25) is 0 Å². The molecule has 1 fully saturated rings. The van der Waals surface area contributed by atoms with Gasteiger partial charge in [-0.15, -0.1) is 11.3 Å². The zero-order valence-electron chi connectivity index (χ0n) is 10.5. The van der Waals surface area contributed by atoms with Crippen LogP contribution in [0, 0.1) is 12.8 Å². The summed E-state index contributed by atoms with van der Waals surface area (Å²) in [6, 6.07) is 0.537. The SMILES string of the molecule is Cc1ncc(C(=O)NC2C(C)CCNC2C)s1. The molecule has 4 nitrogen and oxygen atoms in total. The Morgan fingerprint density at radius 3 is 2.94 bits per heavy atom. The van der Waals surface area contributed by atoms with Crippen LogP contribution in [0.25, 0.3) is 0 Å². The molecule has 2 rings (SSSR count). The van der Waals surface area contributed by atoms with Crippen LogP contribution in [0.15, 0.2) is 6.20 Å². The molecule has 2 N–H and O–H groups in total. The lowest BCUT2D eigenvalue weighted by molar-refractivity contribution is 0.0901. The smallest absolute Gasteiger partial charge is 0.263 e. The van der Waals surface area contributed by atoms with Crippen molar-refractivity contribution in [3.8, 4) is 0 Å². The molecule has 1 aliphatic rings. The zero-order valence-corrected chi connectivity index (χ0v) is 11.3. The van der Waals surface area contributed by atoms with Gasteiger partial charge in [-0.25, -0.2) is 4.98 Å². The highest BCUT2D eigenvalue weighted by Gasteiger charge is 2.29. The predicted molar refractivity (Wildman–Crippen MR) is 69.4 cm³/mol. The molecule has 0 aliphatic carbocycles. The van der Waals surface area contributed by atoms with Crippen LogP contribution in [0.3, 0.4) is 0 Å². The molecule has 3 unspecified atom stereocenters. The third-order valence-corrected chi connectivity index (χ3v) is 4.27. The van der Waals surface area contributed by atoms with E-state index in [4.69, 9.17) is 0 Å². The molecule has 0 aromatic carbocycles. The van der Waals surface area contributed by atoms with E-state index in [-0.39, 0.29) is 11.9 Å². The fraction of sp³-hybridized carbons (Fsp3) is 0.667. The van der Waals surface area contributed by atoms with Gasteiger partial charge in [-0.05, 0) is 32.7 Å². The lowest BCUT2D eigenvalue weighted by Crippen LogP contribution is -2.55. The summed E-state index contributed by atoms with van der Waals surface area (Å²) >= 11 is 1.44. The van der Waals surface area contributed by atoms with Crippen molar-refractivity contribution in [1.29, 1.82) is 0 Å². The van der Waals surface area contributed by atoms with Crippen molar-refractivity contribution >= 4 is 17.2 Å². The third-order valence-electron chi connectivity index (χ3n) is 3.36. The number of carbonyl (C=O) groups excluding carboxylic acids is 1. The molecule has 0 spiro atoms. The highest BCUT2D eigenvalue weighted by molar-refractivity contribution is 7.13. The number of amides is 1. The zero-order chi connectivity index (χ0) is 12.4. The van der Waals surface area contributed by atoms with Gasteiger partial charge in [-0.2, -0.15) is 0 Å². The van der Waals surface area contributed by atoms with Crippen molar-refractivity contribution in [2.75, 3.05) is 6.54 Å². The van der Waals surface area contributed by atoms with Gasteiger partial charge in [0.25, 0.3) is 5.91 Å². The second kappa shape index (κ2) is 5.14. The summed E-state index contributed by atoms with van der Waals surface area (Å²) < 4.78 is 0. The van der Waals surface area contributed by atoms with Crippen molar-refractivity contribution in [2.24, 2.45) is 5.92 Å². The number of piperidine rings is 1. The van der Waals surface area contributed by atoms with E-state index in [0.717, 1.165) is 18.0 Å². The molecule has 0 radical (unpaired) electrons. The first-order valence-corrected chi connectivity index (χ1v) is 6.86. The average molecular weight is 253 g/mol. The van der Waals surface area contributed by atoms with Crippen LogP contribution < -0.4 is 10.6 Å². The Morgan fingerprint density at radius 2 is 2.35 bits per heavy atom. The Morgan fingerprint density at radius 1 is 1.59 bits per heavy atom. The molecule has 1 saturated heterocycles. The van der Waals surface area contributed by atoms with Crippen LogP contribution in [0.2, 0.25) is 0 Å². The topological polar surface area (TPSA) is 54.0 Å². The van der Waals surface area contributed by atoms with Crippen LogP contribution in [-0.4, -0.2) is 29.5 Å². The summed E-state index contributed by atoms with van der Waals surface area (Å²) in [5, 5.41) is 7.44. The number of aromatic nitrogens is 1. The fourth-order valence-electron chi connectivity index (χ4n) is 2.29. The van der Waals surface area contributed by atoms with Crippen molar-refractivity contribution < 1.29 is 4.79 Å². The van der Waals surface area contributed by atoms with Gasteiger partial charge in [0.1, 0.15) is 4.88 Å². The summed E-state index contributed by atoms with van der Waals surface area (Å²) in [6.07, 6.45) is 2.76. The summed E-state index contributed by atoms with van der Waals surface area (Å²) in [4.78, 5) is 16.9. The lowest BCUT2D eigenvalue weighted by Gasteiger charge is -2.35. The van der Waals surface area contributed by atoms with Gasteiger partial charge in [0.05, 0.1) is 11.2 Å². The maximum atomic E-state index is 12.0. The van der Waals surface area contributed by atoms with Gasteiger partial charge in [0.15, 0.2) is 0 Å². The molecule has 1 aliphatic heterocycles. The number of nitrogens with one attached hydrogen (secondary N) is 2. The minimum atomic E-state index is 0.00278. The maximum absolute atomic E-state index is 12.0. The van der Waals surface area contributed by atoms with E-state index in [1.807, 2.05) is 6.92 Å². The van der Waals surface area contributed by atoms with Gasteiger partial charge in [-0.3, -0.25) is 4.79 Å². The summed E-state index contributed by atoms with van der Waals surface area (Å²) in [7, 11) is 0. The largest absolute Gasteiger partial charge is 0.347 e. The summed E-state index contributed by atoms with van der Waals surface area (Å²) in [5.74, 6) is 0.521. The summed E-state index contributed by atoms with van der Waals surface area (Å²) in [5.41, 5.74) is 0. The standard InChI is InChI=1S/C12H19N3OS/c1-7-4-5-13-8(2)11(7)15-12(16)10-6-14-9(3)17-10/h6-8,11,13H,4-5H2,1-3H3,(H,15,16). The van der Waals surface area contributed by atoms with E-state index in [9.17, 15) is 4.79 Å². The first-order chi connectivity index (χ1) is 8.08. The van der Waals surface area contributed by atoms with Gasteiger partial charge in [-0.1, -0.05) is 6.92 Å². The normalized spacial score (nSPS) is 29.0. The molecular weight excluding hydrogens is 234 g/mol. The molecule has 1 aromatic rings. The Balaban J connectivity index is 2.02. The van der Waals surface area contributed by atoms with E-state index < -0.39 is 0 Å².